The second-order valence-electron chi connectivity index (χ2n) is 2.81. The lowest BCUT2D eigenvalue weighted by molar-refractivity contribution is -0.107. The monoisotopic (exact) mass is 260 g/mol. The van der Waals surface area contributed by atoms with Gasteiger partial charge in [0.05, 0.1) is 0 Å². The second kappa shape index (κ2) is 5.40. The van der Waals surface area contributed by atoms with E-state index in [4.69, 9.17) is 11.6 Å². The number of aldehydes is 1. The van der Waals surface area contributed by atoms with Gasteiger partial charge in [0.1, 0.15) is 6.29 Å². The maximum atomic E-state index is 10.2. The Hall–Kier alpha value is -0.340. The Morgan fingerprint density at radius 1 is 1.31 bits per heavy atom. The van der Waals surface area contributed by atoms with Crippen LogP contribution in [-0.4, -0.2) is 6.29 Å². The second-order valence-corrected chi connectivity index (χ2v) is 3.99. The highest BCUT2D eigenvalue weighted by atomic mass is 79.9. The molecule has 0 heterocycles. The first-order valence-corrected chi connectivity index (χ1v) is 5.37. The van der Waals surface area contributed by atoms with Crippen molar-refractivity contribution < 1.29 is 4.79 Å². The highest BCUT2D eigenvalue weighted by Gasteiger charge is 1.98. The third-order valence-electron chi connectivity index (χ3n) is 1.72. The van der Waals surface area contributed by atoms with Gasteiger partial charge in [0.2, 0.25) is 0 Å². The standard InChI is InChI=1S/C10H10BrClO/c11-10-5-8(2-1-3-13)4-9(6-10)7-12/h3-6H,1-2,7H2. The largest absolute Gasteiger partial charge is 0.303 e. The Bertz CT molecular complexity index is 299. The third kappa shape index (κ3) is 3.49. The normalized spacial score (nSPS) is 10.0. The molecule has 1 aromatic carbocycles. The molecule has 0 fully saturated rings. The van der Waals surface area contributed by atoms with Crippen molar-refractivity contribution in [3.63, 3.8) is 0 Å². The first-order chi connectivity index (χ1) is 6.26. The van der Waals surface area contributed by atoms with Crippen LogP contribution in [0.1, 0.15) is 17.5 Å². The summed E-state index contributed by atoms with van der Waals surface area (Å²) in [6.07, 6.45) is 2.28. The number of carbonyl (C=O) groups is 1. The van der Waals surface area contributed by atoms with Crippen LogP contribution in [0.25, 0.3) is 0 Å². The lowest BCUT2D eigenvalue weighted by atomic mass is 10.1. The van der Waals surface area contributed by atoms with Crippen LogP contribution in [0.5, 0.6) is 0 Å². The summed E-state index contributed by atoms with van der Waals surface area (Å²) < 4.78 is 1.02. The molecule has 13 heavy (non-hydrogen) atoms. The van der Waals surface area contributed by atoms with Crippen LogP contribution in [0.15, 0.2) is 22.7 Å². The minimum absolute atomic E-state index is 0.507. The molecule has 0 aliphatic heterocycles. The molecule has 1 aromatic rings. The van der Waals surface area contributed by atoms with Gasteiger partial charge in [-0.1, -0.05) is 22.0 Å². The molecule has 0 N–H and O–H groups in total. The van der Waals surface area contributed by atoms with E-state index in [0.717, 1.165) is 28.3 Å². The average molecular weight is 262 g/mol. The van der Waals surface area contributed by atoms with Crippen molar-refractivity contribution in [1.82, 2.24) is 0 Å². The van der Waals surface area contributed by atoms with Crippen LogP contribution >= 0.6 is 27.5 Å². The number of rotatable bonds is 4. The first kappa shape index (κ1) is 10.7. The Balaban J connectivity index is 2.81. The summed E-state index contributed by atoms with van der Waals surface area (Å²) >= 11 is 9.11. The fourth-order valence-electron chi connectivity index (χ4n) is 1.16. The Morgan fingerprint density at radius 3 is 2.62 bits per heavy atom. The molecule has 1 nitrogen and oxygen atoms in total. The lowest BCUT2D eigenvalue weighted by Gasteiger charge is -2.02. The van der Waals surface area contributed by atoms with E-state index >= 15 is 0 Å². The summed E-state index contributed by atoms with van der Waals surface area (Å²) in [7, 11) is 0. The smallest absolute Gasteiger partial charge is 0.120 e. The molecule has 0 atom stereocenters. The van der Waals surface area contributed by atoms with Gasteiger partial charge >= 0.3 is 0 Å². The van der Waals surface area contributed by atoms with E-state index < -0.39 is 0 Å². The highest BCUT2D eigenvalue weighted by molar-refractivity contribution is 9.10. The van der Waals surface area contributed by atoms with Gasteiger partial charge < -0.3 is 4.79 Å². The van der Waals surface area contributed by atoms with Gasteiger partial charge in [-0.3, -0.25) is 0 Å². The number of benzene rings is 1. The molecule has 0 aromatic heterocycles. The topological polar surface area (TPSA) is 17.1 Å². The van der Waals surface area contributed by atoms with E-state index in [1.54, 1.807) is 0 Å². The van der Waals surface area contributed by atoms with E-state index in [2.05, 4.69) is 15.9 Å². The zero-order valence-electron chi connectivity index (χ0n) is 7.09. The van der Waals surface area contributed by atoms with E-state index in [9.17, 15) is 4.79 Å². The summed E-state index contributed by atoms with van der Waals surface area (Å²) in [5.74, 6) is 0.507. The van der Waals surface area contributed by atoms with E-state index in [1.165, 1.54) is 0 Å². The number of carbonyl (C=O) groups excluding carboxylic acids is 1. The Morgan fingerprint density at radius 2 is 2.00 bits per heavy atom. The fraction of sp³-hybridized carbons (Fsp3) is 0.300. The molecule has 0 unspecified atom stereocenters. The first-order valence-electron chi connectivity index (χ1n) is 4.04. The maximum Gasteiger partial charge on any atom is 0.120 e. The van der Waals surface area contributed by atoms with Crippen LogP contribution in [-0.2, 0) is 17.1 Å². The van der Waals surface area contributed by atoms with Crippen molar-refractivity contribution >= 4 is 33.8 Å². The van der Waals surface area contributed by atoms with Crippen molar-refractivity contribution in [2.75, 3.05) is 0 Å². The number of aryl methyl sites for hydroxylation is 1. The van der Waals surface area contributed by atoms with E-state index in [-0.39, 0.29) is 0 Å². The number of hydrogen-bond donors (Lipinski definition) is 0. The van der Waals surface area contributed by atoms with Crippen molar-refractivity contribution in [2.24, 2.45) is 0 Å². The number of hydrogen-bond acceptors (Lipinski definition) is 1. The molecule has 0 saturated carbocycles. The molecule has 0 aliphatic carbocycles. The molecule has 0 saturated heterocycles. The Kier molecular flexibility index (Phi) is 4.46. The summed E-state index contributed by atoms with van der Waals surface area (Å²) in [5.41, 5.74) is 2.23. The van der Waals surface area contributed by atoms with Gasteiger partial charge in [0.15, 0.2) is 0 Å². The molecule has 0 aliphatic rings. The minimum atomic E-state index is 0.507. The maximum absolute atomic E-state index is 10.2. The van der Waals surface area contributed by atoms with E-state index in [1.807, 2.05) is 18.2 Å². The minimum Gasteiger partial charge on any atom is -0.303 e. The van der Waals surface area contributed by atoms with Crippen LogP contribution in [0.4, 0.5) is 0 Å². The highest BCUT2D eigenvalue weighted by Crippen LogP contribution is 2.18. The molecule has 0 radical (unpaired) electrons. The molecular weight excluding hydrogens is 251 g/mol. The summed E-state index contributed by atoms with van der Waals surface area (Å²) in [6.45, 7) is 0. The molecule has 0 amide bonds. The Labute approximate surface area is 91.2 Å². The van der Waals surface area contributed by atoms with Crippen LogP contribution in [0.3, 0.4) is 0 Å². The molecule has 70 valence electrons. The zero-order valence-corrected chi connectivity index (χ0v) is 9.44. The molecular formula is C10H10BrClO. The van der Waals surface area contributed by atoms with Gasteiger partial charge in [-0.2, -0.15) is 0 Å². The quantitative estimate of drug-likeness (QED) is 0.600. The summed E-state index contributed by atoms with van der Waals surface area (Å²) in [6, 6.07) is 6.03. The van der Waals surface area contributed by atoms with Crippen molar-refractivity contribution in [2.45, 2.75) is 18.7 Å². The van der Waals surface area contributed by atoms with Crippen LogP contribution in [0.2, 0.25) is 0 Å². The summed E-state index contributed by atoms with van der Waals surface area (Å²) in [5, 5.41) is 0. The lowest BCUT2D eigenvalue weighted by Crippen LogP contribution is -1.88. The van der Waals surface area contributed by atoms with Gasteiger partial charge in [-0.15, -0.1) is 11.6 Å². The SMILES string of the molecule is O=CCCc1cc(Br)cc(CCl)c1. The average Bonchev–Trinajstić information content (AvgIpc) is 2.14. The van der Waals surface area contributed by atoms with Gasteiger partial charge in [-0.05, 0) is 29.7 Å². The summed E-state index contributed by atoms with van der Waals surface area (Å²) in [4.78, 5) is 10.2. The molecule has 3 heteroatoms. The molecule has 0 spiro atoms. The van der Waals surface area contributed by atoms with Crippen molar-refractivity contribution in [1.29, 1.82) is 0 Å². The third-order valence-corrected chi connectivity index (χ3v) is 2.49. The van der Waals surface area contributed by atoms with Crippen molar-refractivity contribution in [3.8, 4) is 0 Å². The molecule has 1 rings (SSSR count). The van der Waals surface area contributed by atoms with Gasteiger partial charge in [0.25, 0.3) is 0 Å². The predicted octanol–water partition coefficient (Wildman–Crippen LogP) is 3.32. The van der Waals surface area contributed by atoms with Crippen LogP contribution < -0.4 is 0 Å². The fourth-order valence-corrected chi connectivity index (χ4v) is 1.91. The van der Waals surface area contributed by atoms with Gasteiger partial charge in [0, 0.05) is 16.8 Å². The predicted molar refractivity (Wildman–Crippen MR) is 58.1 cm³/mol. The number of halogens is 2. The van der Waals surface area contributed by atoms with Crippen molar-refractivity contribution in [3.05, 3.63) is 33.8 Å². The van der Waals surface area contributed by atoms with Gasteiger partial charge in [-0.25, -0.2) is 0 Å². The zero-order chi connectivity index (χ0) is 9.68. The van der Waals surface area contributed by atoms with Crippen LogP contribution in [0, 0.1) is 0 Å². The van der Waals surface area contributed by atoms with E-state index in [0.29, 0.717) is 12.3 Å². The molecule has 0 bridgehead atoms. The number of alkyl halides is 1.